The molecule has 15 heavy (non-hydrogen) atoms. The summed E-state index contributed by atoms with van der Waals surface area (Å²) in [5.41, 5.74) is 0. The fourth-order valence-corrected chi connectivity index (χ4v) is 2.36. The van der Waals surface area contributed by atoms with Crippen molar-refractivity contribution in [1.82, 2.24) is 9.36 Å². The van der Waals surface area contributed by atoms with Crippen molar-refractivity contribution in [1.29, 1.82) is 0 Å². The van der Waals surface area contributed by atoms with Crippen molar-refractivity contribution >= 4 is 29.3 Å². The van der Waals surface area contributed by atoms with Crippen molar-refractivity contribution in [3.63, 3.8) is 0 Å². The molecule has 1 N–H and O–H groups in total. The van der Waals surface area contributed by atoms with Crippen molar-refractivity contribution in [2.24, 2.45) is 0 Å². The van der Waals surface area contributed by atoms with Gasteiger partial charge in [0.15, 0.2) is 4.34 Å². The molecule has 1 unspecified atom stereocenters. The van der Waals surface area contributed by atoms with Crippen LogP contribution in [0.5, 0.6) is 0 Å². The maximum atomic E-state index is 12.3. The van der Waals surface area contributed by atoms with Gasteiger partial charge in [-0.3, -0.25) is 4.79 Å². The molecule has 0 fully saturated rings. The second-order valence-electron chi connectivity index (χ2n) is 2.45. The van der Waals surface area contributed by atoms with E-state index in [-0.39, 0.29) is 4.34 Å². The molecule has 0 radical (unpaired) electrons. The van der Waals surface area contributed by atoms with E-state index in [1.165, 1.54) is 0 Å². The molecule has 0 aliphatic rings. The van der Waals surface area contributed by atoms with Crippen LogP contribution in [0.1, 0.15) is 6.42 Å². The summed E-state index contributed by atoms with van der Waals surface area (Å²) in [6, 6.07) is 0. The molecular formula is C6H5F3N2O2S2. The molecule has 0 saturated carbocycles. The van der Waals surface area contributed by atoms with Crippen molar-refractivity contribution in [2.75, 3.05) is 0 Å². The van der Waals surface area contributed by atoms with Gasteiger partial charge in [-0.25, -0.2) is 4.98 Å². The highest BCUT2D eigenvalue weighted by molar-refractivity contribution is 8.01. The van der Waals surface area contributed by atoms with Crippen LogP contribution in [0, 0.1) is 0 Å². The number of carboxylic acid groups (broad SMARTS) is 1. The molecule has 9 heteroatoms. The number of nitrogens with zero attached hydrogens (tertiary/aromatic N) is 2. The summed E-state index contributed by atoms with van der Waals surface area (Å²) in [5, 5.41) is 6.35. The lowest BCUT2D eigenvalue weighted by atomic mass is 10.3. The number of aliphatic carboxylic acids is 1. The van der Waals surface area contributed by atoms with Gasteiger partial charge in [-0.05, 0) is 11.5 Å². The number of hydrogen-bond acceptors (Lipinski definition) is 5. The number of carboxylic acids is 1. The first-order chi connectivity index (χ1) is 6.89. The number of thioether (sulfide) groups is 1. The SMILES string of the molecule is O=C(O)CC(Sc1ncns1)C(F)(F)F. The fourth-order valence-electron chi connectivity index (χ4n) is 0.719. The molecule has 0 aromatic carbocycles. The average Bonchev–Trinajstić information content (AvgIpc) is 2.53. The summed E-state index contributed by atoms with van der Waals surface area (Å²) in [7, 11) is 0. The minimum absolute atomic E-state index is 0.110. The quantitative estimate of drug-likeness (QED) is 0.837. The third kappa shape index (κ3) is 4.04. The second-order valence-corrected chi connectivity index (χ2v) is 4.68. The van der Waals surface area contributed by atoms with Crippen LogP contribution in [-0.2, 0) is 4.79 Å². The van der Waals surface area contributed by atoms with Gasteiger partial charge in [0.05, 0.1) is 6.42 Å². The van der Waals surface area contributed by atoms with Crippen molar-refractivity contribution in [2.45, 2.75) is 22.2 Å². The molecule has 1 atom stereocenters. The topological polar surface area (TPSA) is 63.1 Å². The number of halogens is 3. The molecule has 0 aliphatic carbocycles. The summed E-state index contributed by atoms with van der Waals surface area (Å²) in [5.74, 6) is -1.49. The third-order valence-corrected chi connectivity index (χ3v) is 3.31. The van der Waals surface area contributed by atoms with Gasteiger partial charge in [0.2, 0.25) is 0 Å². The molecule has 0 bridgehead atoms. The van der Waals surface area contributed by atoms with E-state index in [1.807, 2.05) is 0 Å². The average molecular weight is 258 g/mol. The van der Waals surface area contributed by atoms with Crippen LogP contribution in [0.2, 0.25) is 0 Å². The summed E-state index contributed by atoms with van der Waals surface area (Å²) < 4.78 is 40.7. The lowest BCUT2D eigenvalue weighted by Crippen LogP contribution is -2.28. The largest absolute Gasteiger partial charge is 0.481 e. The molecule has 1 aromatic heterocycles. The van der Waals surface area contributed by atoms with E-state index >= 15 is 0 Å². The lowest BCUT2D eigenvalue weighted by molar-refractivity contribution is -0.149. The fraction of sp³-hybridized carbons (Fsp3) is 0.500. The second kappa shape index (κ2) is 4.79. The van der Waals surface area contributed by atoms with Crippen molar-refractivity contribution in [3.05, 3.63) is 6.33 Å². The molecule has 0 amide bonds. The minimum atomic E-state index is -4.56. The Morgan fingerprint density at radius 3 is 2.73 bits per heavy atom. The summed E-state index contributed by atoms with van der Waals surface area (Å²) >= 11 is 1.17. The van der Waals surface area contributed by atoms with Crippen LogP contribution >= 0.6 is 23.3 Å². The van der Waals surface area contributed by atoms with Gasteiger partial charge in [0.25, 0.3) is 0 Å². The molecule has 0 spiro atoms. The molecule has 4 nitrogen and oxygen atoms in total. The Labute approximate surface area is 90.7 Å². The first-order valence-corrected chi connectivity index (χ1v) is 5.26. The zero-order chi connectivity index (χ0) is 11.5. The Hall–Kier alpha value is -0.830. The Morgan fingerprint density at radius 1 is 1.67 bits per heavy atom. The zero-order valence-corrected chi connectivity index (χ0v) is 8.70. The Morgan fingerprint density at radius 2 is 2.33 bits per heavy atom. The molecule has 0 aliphatic heterocycles. The maximum Gasteiger partial charge on any atom is 0.401 e. The number of hydrogen-bond donors (Lipinski definition) is 1. The molecule has 1 aromatic rings. The van der Waals surface area contributed by atoms with Gasteiger partial charge >= 0.3 is 12.1 Å². The summed E-state index contributed by atoms with van der Waals surface area (Å²) in [6.45, 7) is 0. The Kier molecular flexibility index (Phi) is 3.91. The van der Waals surface area contributed by atoms with Crippen LogP contribution in [0.3, 0.4) is 0 Å². The van der Waals surface area contributed by atoms with Crippen LogP contribution in [-0.4, -0.2) is 31.9 Å². The van der Waals surface area contributed by atoms with E-state index in [0.29, 0.717) is 11.8 Å². The number of carbonyl (C=O) groups is 1. The normalized spacial score (nSPS) is 13.8. The van der Waals surface area contributed by atoms with Crippen LogP contribution in [0.4, 0.5) is 13.2 Å². The molecule has 84 valence electrons. The van der Waals surface area contributed by atoms with Gasteiger partial charge in [-0.1, -0.05) is 11.8 Å². The van der Waals surface area contributed by atoms with E-state index in [2.05, 4.69) is 9.36 Å². The maximum absolute atomic E-state index is 12.3. The van der Waals surface area contributed by atoms with E-state index in [1.54, 1.807) is 0 Å². The van der Waals surface area contributed by atoms with E-state index < -0.39 is 23.8 Å². The van der Waals surface area contributed by atoms with Crippen molar-refractivity contribution < 1.29 is 23.1 Å². The number of alkyl halides is 3. The Balaban J connectivity index is 2.69. The summed E-state index contributed by atoms with van der Waals surface area (Å²) in [6.07, 6.45) is -4.41. The Bertz CT molecular complexity index is 328. The lowest BCUT2D eigenvalue weighted by Gasteiger charge is -2.15. The number of aromatic nitrogens is 2. The van der Waals surface area contributed by atoms with Crippen LogP contribution < -0.4 is 0 Å². The van der Waals surface area contributed by atoms with E-state index in [9.17, 15) is 18.0 Å². The van der Waals surface area contributed by atoms with Crippen LogP contribution in [0.15, 0.2) is 10.7 Å². The predicted molar refractivity (Wildman–Crippen MR) is 47.9 cm³/mol. The first kappa shape index (κ1) is 12.2. The molecule has 1 rings (SSSR count). The number of rotatable bonds is 4. The summed E-state index contributed by atoms with van der Waals surface area (Å²) in [4.78, 5) is 13.8. The van der Waals surface area contributed by atoms with Gasteiger partial charge in [0.1, 0.15) is 11.6 Å². The highest BCUT2D eigenvalue weighted by Gasteiger charge is 2.42. The van der Waals surface area contributed by atoms with Gasteiger partial charge in [0, 0.05) is 0 Å². The van der Waals surface area contributed by atoms with Crippen molar-refractivity contribution in [3.8, 4) is 0 Å². The van der Waals surface area contributed by atoms with Crippen LogP contribution in [0.25, 0.3) is 0 Å². The first-order valence-electron chi connectivity index (χ1n) is 3.61. The minimum Gasteiger partial charge on any atom is -0.481 e. The standard InChI is InChI=1S/C6H5F3N2O2S2/c7-6(8,9)3(1-4(12)13)14-5-10-2-11-15-5/h2-3H,1H2,(H,12,13). The van der Waals surface area contributed by atoms with Gasteiger partial charge in [-0.15, -0.1) is 0 Å². The van der Waals surface area contributed by atoms with E-state index in [0.717, 1.165) is 17.9 Å². The molecular weight excluding hydrogens is 253 g/mol. The highest BCUT2D eigenvalue weighted by atomic mass is 32.2. The molecule has 0 saturated heterocycles. The van der Waals surface area contributed by atoms with Gasteiger partial charge < -0.3 is 5.11 Å². The molecule has 1 heterocycles. The zero-order valence-electron chi connectivity index (χ0n) is 7.06. The smallest absolute Gasteiger partial charge is 0.401 e. The highest BCUT2D eigenvalue weighted by Crippen LogP contribution is 2.37. The van der Waals surface area contributed by atoms with E-state index in [4.69, 9.17) is 5.11 Å². The third-order valence-electron chi connectivity index (χ3n) is 1.31. The monoisotopic (exact) mass is 258 g/mol. The van der Waals surface area contributed by atoms with Gasteiger partial charge in [-0.2, -0.15) is 17.5 Å². The predicted octanol–water partition coefficient (Wildman–Crippen LogP) is 2.04.